The monoisotopic (exact) mass is 482 g/mol. The van der Waals surface area contributed by atoms with Crippen molar-refractivity contribution in [2.45, 2.75) is 39.1 Å². The Bertz CT molecular complexity index is 1120. The summed E-state index contributed by atoms with van der Waals surface area (Å²) in [6.07, 6.45) is 0.522. The van der Waals surface area contributed by atoms with E-state index in [9.17, 15) is 4.79 Å². The molecule has 0 aliphatic rings. The van der Waals surface area contributed by atoms with Gasteiger partial charge in [0.1, 0.15) is 28.8 Å². The number of alkyl carbamates (subject to hydrolysis) is 1. The van der Waals surface area contributed by atoms with Gasteiger partial charge < -0.3 is 10.1 Å². The number of hydrogen-bond donors (Lipinski definition) is 1. The van der Waals surface area contributed by atoms with Crippen LogP contribution in [0.3, 0.4) is 0 Å². The molecule has 4 aromatic carbocycles. The smallest absolute Gasteiger partial charge is 0.407 e. The maximum Gasteiger partial charge on any atom is 0.407 e. The number of hydrogen-bond acceptors (Lipinski definition) is 2. The van der Waals surface area contributed by atoms with Crippen LogP contribution in [0.15, 0.2) is 115 Å². The van der Waals surface area contributed by atoms with Crippen LogP contribution in [0, 0.1) is 0 Å². The van der Waals surface area contributed by atoms with Gasteiger partial charge in [-0.05, 0) is 68.3 Å². The van der Waals surface area contributed by atoms with Gasteiger partial charge in [-0.15, -0.1) is 0 Å². The minimum atomic E-state index is -1.93. The maximum atomic E-state index is 12.0. The van der Waals surface area contributed by atoms with E-state index in [0.717, 1.165) is 11.7 Å². The van der Waals surface area contributed by atoms with Gasteiger partial charge in [0, 0.05) is 6.54 Å². The second-order valence-corrected chi connectivity index (χ2v) is 13.1. The van der Waals surface area contributed by atoms with Crippen LogP contribution in [0.5, 0.6) is 0 Å². The second kappa shape index (κ2) is 10.9. The lowest BCUT2D eigenvalue weighted by atomic mass is 10.1. The van der Waals surface area contributed by atoms with Crippen molar-refractivity contribution in [3.8, 4) is 0 Å². The third kappa shape index (κ3) is 6.18. The van der Waals surface area contributed by atoms with Crippen LogP contribution in [0.4, 0.5) is 4.79 Å². The lowest BCUT2D eigenvalue weighted by molar-refractivity contribution is 0.0523. The molecule has 0 radical (unpaired) electrons. The highest BCUT2D eigenvalue weighted by Crippen LogP contribution is 2.58. The van der Waals surface area contributed by atoms with E-state index in [1.807, 2.05) is 20.8 Å². The Labute approximate surface area is 209 Å². The summed E-state index contributed by atoms with van der Waals surface area (Å²) in [5.41, 5.74) is 1.81. The highest BCUT2D eigenvalue weighted by molar-refractivity contribution is 7.95. The Hall–Kier alpha value is -3.42. The van der Waals surface area contributed by atoms with Crippen LogP contribution in [0.1, 0.15) is 31.9 Å². The fourth-order valence-corrected chi connectivity index (χ4v) is 8.54. The van der Waals surface area contributed by atoms with Crippen molar-refractivity contribution in [2.75, 3.05) is 0 Å². The van der Waals surface area contributed by atoms with Crippen LogP contribution in [0.2, 0.25) is 0 Å². The number of rotatable bonds is 7. The zero-order valence-corrected chi connectivity index (χ0v) is 21.5. The summed E-state index contributed by atoms with van der Waals surface area (Å²) < 4.78 is 5.35. The molecule has 1 amide bonds. The van der Waals surface area contributed by atoms with Gasteiger partial charge in [0.25, 0.3) is 0 Å². The van der Waals surface area contributed by atoms with Crippen molar-refractivity contribution in [3.63, 3.8) is 0 Å². The third-order valence-electron chi connectivity index (χ3n) is 5.87. The summed E-state index contributed by atoms with van der Waals surface area (Å²) in [5.74, 6) is 0. The van der Waals surface area contributed by atoms with E-state index in [2.05, 4.69) is 121 Å². The molecule has 0 atom stereocenters. The Morgan fingerprint density at radius 3 is 1.46 bits per heavy atom. The molecule has 0 aromatic heterocycles. The predicted molar refractivity (Wildman–Crippen MR) is 148 cm³/mol. The Morgan fingerprint density at radius 1 is 0.657 bits per heavy atom. The number of nitrogens with one attached hydrogen (secondary N) is 1. The first-order valence-electron chi connectivity index (χ1n) is 12.0. The van der Waals surface area contributed by atoms with Crippen molar-refractivity contribution in [1.82, 2.24) is 5.32 Å². The van der Waals surface area contributed by atoms with Gasteiger partial charge in [-0.1, -0.05) is 78.9 Å². The first kappa shape index (κ1) is 24.7. The molecule has 0 unspecified atom stereocenters. The van der Waals surface area contributed by atoms with Crippen LogP contribution in [0.25, 0.3) is 0 Å². The van der Waals surface area contributed by atoms with Gasteiger partial charge in [-0.2, -0.15) is 0 Å². The molecule has 0 fully saturated rings. The SMILES string of the molecule is CC(C)(C)OC(=O)NCc1ccc(C[P+](c2ccccc2)(c2ccccc2)c2ccccc2)cc1. The number of ether oxygens (including phenoxy) is 1. The molecule has 178 valence electrons. The summed E-state index contributed by atoms with van der Waals surface area (Å²) in [5, 5.41) is 6.95. The molecule has 0 heterocycles. The summed E-state index contributed by atoms with van der Waals surface area (Å²) in [7, 11) is -1.93. The summed E-state index contributed by atoms with van der Waals surface area (Å²) in [6, 6.07) is 41.3. The van der Waals surface area contributed by atoms with Gasteiger partial charge >= 0.3 is 6.09 Å². The van der Waals surface area contributed by atoms with Crippen molar-refractivity contribution < 1.29 is 9.53 Å². The minimum Gasteiger partial charge on any atom is -0.444 e. The van der Waals surface area contributed by atoms with Gasteiger partial charge in [0.2, 0.25) is 0 Å². The Morgan fingerprint density at radius 2 is 1.06 bits per heavy atom. The molecule has 4 aromatic rings. The molecule has 0 spiro atoms. The zero-order valence-electron chi connectivity index (χ0n) is 20.6. The summed E-state index contributed by atoms with van der Waals surface area (Å²) >= 11 is 0. The van der Waals surface area contributed by atoms with Crippen molar-refractivity contribution in [3.05, 3.63) is 126 Å². The molecule has 1 N–H and O–H groups in total. The Balaban J connectivity index is 1.66. The largest absolute Gasteiger partial charge is 0.444 e. The van der Waals surface area contributed by atoms with E-state index in [4.69, 9.17) is 4.74 Å². The molecule has 4 rings (SSSR count). The third-order valence-corrected chi connectivity index (χ3v) is 10.2. The van der Waals surface area contributed by atoms with E-state index < -0.39 is 19.0 Å². The lowest BCUT2D eigenvalue weighted by Crippen LogP contribution is -2.32. The first-order valence-corrected chi connectivity index (χ1v) is 13.9. The van der Waals surface area contributed by atoms with Crippen molar-refractivity contribution in [1.29, 1.82) is 0 Å². The molecule has 0 saturated heterocycles. The number of carbonyl (C=O) groups is 1. The molecule has 0 saturated carbocycles. The molecule has 0 aliphatic heterocycles. The average molecular weight is 483 g/mol. The maximum absolute atomic E-state index is 12.0. The van der Waals surface area contributed by atoms with Crippen LogP contribution in [-0.4, -0.2) is 11.7 Å². The molecular weight excluding hydrogens is 449 g/mol. The fourth-order valence-electron chi connectivity index (χ4n) is 4.29. The van der Waals surface area contributed by atoms with E-state index >= 15 is 0 Å². The van der Waals surface area contributed by atoms with Crippen LogP contribution >= 0.6 is 7.26 Å². The number of benzene rings is 4. The molecule has 4 heteroatoms. The first-order chi connectivity index (χ1) is 16.9. The highest BCUT2D eigenvalue weighted by Gasteiger charge is 2.45. The standard InChI is InChI=1S/C31H32NO2P/c1-31(2,3)34-30(33)32-23-25-19-21-26(22-20-25)24-35(27-13-7-4-8-14-27,28-15-9-5-10-16-28)29-17-11-6-12-18-29/h4-22H,23-24H2,1-3H3/p+1. The molecule has 0 bridgehead atoms. The van der Waals surface area contributed by atoms with Gasteiger partial charge in [0.15, 0.2) is 0 Å². The normalized spacial score (nSPS) is 11.6. The fraction of sp³-hybridized carbons (Fsp3) is 0.194. The predicted octanol–water partition coefficient (Wildman–Crippen LogP) is 6.21. The molecule has 0 aliphatic carbocycles. The van der Waals surface area contributed by atoms with Crippen LogP contribution < -0.4 is 21.2 Å². The van der Waals surface area contributed by atoms with E-state index in [0.29, 0.717) is 6.54 Å². The minimum absolute atomic E-state index is 0.399. The van der Waals surface area contributed by atoms with Crippen molar-refractivity contribution in [2.24, 2.45) is 0 Å². The summed E-state index contributed by atoms with van der Waals surface area (Å²) in [6.45, 7) is 6.03. The second-order valence-electron chi connectivity index (χ2n) is 9.65. The topological polar surface area (TPSA) is 38.3 Å². The van der Waals surface area contributed by atoms with E-state index in [1.54, 1.807) is 0 Å². The van der Waals surface area contributed by atoms with Crippen LogP contribution in [-0.2, 0) is 17.4 Å². The molecular formula is C31H33NO2P+. The average Bonchev–Trinajstić information content (AvgIpc) is 2.87. The van der Waals surface area contributed by atoms with Gasteiger partial charge in [-0.3, -0.25) is 0 Å². The molecule has 3 nitrogen and oxygen atoms in total. The number of amides is 1. The van der Waals surface area contributed by atoms with Gasteiger partial charge in [0.05, 0.1) is 6.16 Å². The quantitative estimate of drug-likeness (QED) is 0.318. The van der Waals surface area contributed by atoms with E-state index in [1.165, 1.54) is 21.5 Å². The van der Waals surface area contributed by atoms with Crippen molar-refractivity contribution >= 4 is 29.3 Å². The van der Waals surface area contributed by atoms with E-state index in [-0.39, 0.29) is 0 Å². The van der Waals surface area contributed by atoms with Gasteiger partial charge in [-0.25, -0.2) is 4.79 Å². The zero-order chi connectivity index (χ0) is 24.7. The molecule has 35 heavy (non-hydrogen) atoms. The Kier molecular flexibility index (Phi) is 7.68. The lowest BCUT2D eigenvalue weighted by Gasteiger charge is -2.28. The number of carbonyl (C=O) groups excluding carboxylic acids is 1. The summed E-state index contributed by atoms with van der Waals surface area (Å²) in [4.78, 5) is 12.0. The highest BCUT2D eigenvalue weighted by atomic mass is 31.2.